The topological polar surface area (TPSA) is 20.3 Å². The van der Waals surface area contributed by atoms with Crippen molar-refractivity contribution in [1.82, 2.24) is 0 Å². The first-order valence-corrected chi connectivity index (χ1v) is 6.64. The average molecular weight is 274 g/mol. The molecule has 0 fully saturated rings. The number of nitrogens with zero attached hydrogens (tertiary/aromatic N) is 1. The highest BCUT2D eigenvalue weighted by Gasteiger charge is 2.17. The fourth-order valence-electron chi connectivity index (χ4n) is 2.04. The number of halogens is 1. The second kappa shape index (κ2) is 5.89. The summed E-state index contributed by atoms with van der Waals surface area (Å²) in [5.41, 5.74) is 2.69. The van der Waals surface area contributed by atoms with Gasteiger partial charge in [0.25, 0.3) is 5.91 Å². The number of benzene rings is 2. The largest absolute Gasteiger partial charge is 0.308 e. The Morgan fingerprint density at radius 3 is 2.32 bits per heavy atom. The van der Waals surface area contributed by atoms with Crippen LogP contribution in [0.1, 0.15) is 22.8 Å². The van der Waals surface area contributed by atoms with Crippen molar-refractivity contribution in [3.8, 4) is 0 Å². The molecule has 0 bridgehead atoms. The van der Waals surface area contributed by atoms with Crippen LogP contribution < -0.4 is 4.90 Å². The minimum absolute atomic E-state index is 0.00605. The first-order chi connectivity index (χ1) is 9.13. The van der Waals surface area contributed by atoms with Crippen LogP contribution in [0.4, 0.5) is 5.69 Å². The van der Waals surface area contributed by atoms with Gasteiger partial charge in [0.1, 0.15) is 0 Å². The number of anilines is 1. The monoisotopic (exact) mass is 273 g/mol. The molecule has 0 spiro atoms. The molecular weight excluding hydrogens is 258 g/mol. The molecule has 2 aromatic rings. The number of amides is 1. The third-order valence-corrected chi connectivity index (χ3v) is 3.31. The van der Waals surface area contributed by atoms with Crippen molar-refractivity contribution < 1.29 is 4.79 Å². The lowest BCUT2D eigenvalue weighted by molar-refractivity contribution is 0.0988. The molecule has 0 heterocycles. The summed E-state index contributed by atoms with van der Waals surface area (Å²) in [4.78, 5) is 14.3. The Morgan fingerprint density at radius 2 is 1.74 bits per heavy atom. The van der Waals surface area contributed by atoms with E-state index in [0.29, 0.717) is 17.1 Å². The quantitative estimate of drug-likeness (QED) is 0.816. The molecule has 0 saturated carbocycles. The summed E-state index contributed by atoms with van der Waals surface area (Å²) in [7, 11) is 0. The van der Waals surface area contributed by atoms with Gasteiger partial charge >= 0.3 is 0 Å². The molecule has 0 saturated heterocycles. The highest BCUT2D eigenvalue weighted by Crippen LogP contribution is 2.22. The standard InChI is InChI=1S/C16H16ClNO/c1-3-18(15-7-5-4-6-12(15)2)16(19)13-8-10-14(17)11-9-13/h4-11H,3H2,1-2H3. The molecule has 0 unspecified atom stereocenters. The van der Waals surface area contributed by atoms with Crippen molar-refractivity contribution in [2.45, 2.75) is 13.8 Å². The Morgan fingerprint density at radius 1 is 1.11 bits per heavy atom. The molecule has 2 aromatic carbocycles. The van der Waals surface area contributed by atoms with E-state index >= 15 is 0 Å². The van der Waals surface area contributed by atoms with Gasteiger partial charge in [0.2, 0.25) is 0 Å². The van der Waals surface area contributed by atoms with E-state index in [1.807, 2.05) is 38.1 Å². The molecule has 3 heteroatoms. The maximum Gasteiger partial charge on any atom is 0.258 e. The normalized spacial score (nSPS) is 10.3. The van der Waals surface area contributed by atoms with Crippen LogP contribution in [0.3, 0.4) is 0 Å². The van der Waals surface area contributed by atoms with E-state index in [0.717, 1.165) is 11.3 Å². The Kier molecular flexibility index (Phi) is 4.23. The molecule has 98 valence electrons. The van der Waals surface area contributed by atoms with Gasteiger partial charge in [-0.25, -0.2) is 0 Å². The molecule has 2 rings (SSSR count). The molecule has 0 aliphatic rings. The first-order valence-electron chi connectivity index (χ1n) is 6.26. The maximum atomic E-state index is 12.5. The van der Waals surface area contributed by atoms with Crippen LogP contribution in [0, 0.1) is 6.92 Å². The number of para-hydroxylation sites is 1. The van der Waals surface area contributed by atoms with Crippen molar-refractivity contribution in [2.24, 2.45) is 0 Å². The minimum atomic E-state index is -0.00605. The van der Waals surface area contributed by atoms with Gasteiger partial charge in [-0.3, -0.25) is 4.79 Å². The predicted octanol–water partition coefficient (Wildman–Crippen LogP) is 4.32. The Balaban J connectivity index is 2.35. The van der Waals surface area contributed by atoms with Gasteiger partial charge in [0.05, 0.1) is 0 Å². The number of rotatable bonds is 3. The maximum absolute atomic E-state index is 12.5. The Labute approximate surface area is 118 Å². The van der Waals surface area contributed by atoms with Gasteiger partial charge in [-0.1, -0.05) is 29.8 Å². The van der Waals surface area contributed by atoms with Crippen LogP contribution in [0.25, 0.3) is 0 Å². The third kappa shape index (κ3) is 2.96. The Hall–Kier alpha value is -1.80. The zero-order valence-corrected chi connectivity index (χ0v) is 11.8. The van der Waals surface area contributed by atoms with E-state index in [2.05, 4.69) is 0 Å². The summed E-state index contributed by atoms with van der Waals surface area (Å²) in [5, 5.41) is 0.635. The lowest BCUT2D eigenvalue weighted by Gasteiger charge is -2.23. The summed E-state index contributed by atoms with van der Waals surface area (Å²) in [6, 6.07) is 14.9. The van der Waals surface area contributed by atoms with Gasteiger partial charge in [-0.05, 0) is 49.7 Å². The predicted molar refractivity (Wildman–Crippen MR) is 80.0 cm³/mol. The fourth-order valence-corrected chi connectivity index (χ4v) is 2.16. The number of hydrogen-bond donors (Lipinski definition) is 0. The van der Waals surface area contributed by atoms with Crippen molar-refractivity contribution in [3.63, 3.8) is 0 Å². The lowest BCUT2D eigenvalue weighted by Crippen LogP contribution is -2.31. The van der Waals surface area contributed by atoms with Crippen molar-refractivity contribution in [3.05, 3.63) is 64.7 Å². The molecule has 0 atom stereocenters. The second-order valence-electron chi connectivity index (χ2n) is 4.34. The third-order valence-electron chi connectivity index (χ3n) is 3.06. The zero-order chi connectivity index (χ0) is 13.8. The highest BCUT2D eigenvalue weighted by molar-refractivity contribution is 6.30. The van der Waals surface area contributed by atoms with Crippen LogP contribution >= 0.6 is 11.6 Å². The van der Waals surface area contributed by atoms with Crippen LogP contribution in [0.15, 0.2) is 48.5 Å². The highest BCUT2D eigenvalue weighted by atomic mass is 35.5. The smallest absolute Gasteiger partial charge is 0.258 e. The van der Waals surface area contributed by atoms with E-state index in [1.165, 1.54) is 0 Å². The molecule has 19 heavy (non-hydrogen) atoms. The lowest BCUT2D eigenvalue weighted by atomic mass is 10.1. The van der Waals surface area contributed by atoms with Crippen molar-refractivity contribution in [1.29, 1.82) is 0 Å². The average Bonchev–Trinajstić information content (AvgIpc) is 2.42. The van der Waals surface area contributed by atoms with E-state index in [-0.39, 0.29) is 5.91 Å². The van der Waals surface area contributed by atoms with E-state index < -0.39 is 0 Å². The van der Waals surface area contributed by atoms with E-state index in [4.69, 9.17) is 11.6 Å². The number of carbonyl (C=O) groups is 1. The summed E-state index contributed by atoms with van der Waals surface area (Å²) < 4.78 is 0. The summed E-state index contributed by atoms with van der Waals surface area (Å²) in [6.45, 7) is 4.61. The number of hydrogen-bond acceptors (Lipinski definition) is 1. The SMILES string of the molecule is CCN(C(=O)c1ccc(Cl)cc1)c1ccccc1C. The number of carbonyl (C=O) groups excluding carboxylic acids is 1. The molecule has 0 aliphatic carbocycles. The van der Waals surface area contributed by atoms with Gasteiger partial charge in [0.15, 0.2) is 0 Å². The number of aryl methyl sites for hydroxylation is 1. The zero-order valence-electron chi connectivity index (χ0n) is 11.1. The molecule has 0 radical (unpaired) electrons. The molecule has 0 N–H and O–H groups in total. The Bertz CT molecular complexity index is 578. The van der Waals surface area contributed by atoms with Gasteiger partial charge in [-0.15, -0.1) is 0 Å². The summed E-state index contributed by atoms with van der Waals surface area (Å²) >= 11 is 5.85. The van der Waals surface area contributed by atoms with E-state index in [1.54, 1.807) is 29.2 Å². The molecule has 0 aromatic heterocycles. The van der Waals surface area contributed by atoms with Crippen LogP contribution in [-0.2, 0) is 0 Å². The van der Waals surface area contributed by atoms with Gasteiger partial charge in [0, 0.05) is 22.8 Å². The van der Waals surface area contributed by atoms with Gasteiger partial charge in [-0.2, -0.15) is 0 Å². The molecule has 0 aliphatic heterocycles. The molecular formula is C16H16ClNO. The van der Waals surface area contributed by atoms with Crippen LogP contribution in [0.5, 0.6) is 0 Å². The van der Waals surface area contributed by atoms with Crippen molar-refractivity contribution >= 4 is 23.2 Å². The first kappa shape index (κ1) is 13.6. The second-order valence-corrected chi connectivity index (χ2v) is 4.78. The fraction of sp³-hybridized carbons (Fsp3) is 0.188. The van der Waals surface area contributed by atoms with E-state index in [9.17, 15) is 4.79 Å². The summed E-state index contributed by atoms with van der Waals surface area (Å²) in [5.74, 6) is -0.00605. The van der Waals surface area contributed by atoms with Crippen LogP contribution in [0.2, 0.25) is 5.02 Å². The summed E-state index contributed by atoms with van der Waals surface area (Å²) in [6.07, 6.45) is 0. The molecule has 1 amide bonds. The van der Waals surface area contributed by atoms with Gasteiger partial charge < -0.3 is 4.90 Å². The van der Waals surface area contributed by atoms with Crippen molar-refractivity contribution in [2.75, 3.05) is 11.4 Å². The minimum Gasteiger partial charge on any atom is -0.308 e. The molecule has 2 nitrogen and oxygen atoms in total. The van der Waals surface area contributed by atoms with Crippen LogP contribution in [-0.4, -0.2) is 12.5 Å².